The lowest BCUT2D eigenvalue weighted by atomic mass is 10.0. The molecule has 1 heterocycles. The van der Waals surface area contributed by atoms with Crippen LogP contribution in [-0.2, 0) is 6.54 Å². The van der Waals surface area contributed by atoms with Gasteiger partial charge in [-0.15, -0.1) is 5.10 Å². The fourth-order valence-corrected chi connectivity index (χ4v) is 3.08. The van der Waals surface area contributed by atoms with E-state index in [9.17, 15) is 4.79 Å². The molecule has 4 aromatic rings. The number of aromatic nitrogens is 4. The fourth-order valence-electron chi connectivity index (χ4n) is 3.08. The number of carbonyl (C=O) groups is 1. The van der Waals surface area contributed by atoms with Crippen LogP contribution in [0.4, 0.5) is 0 Å². The van der Waals surface area contributed by atoms with Gasteiger partial charge in [-0.2, -0.15) is 4.68 Å². The Kier molecular flexibility index (Phi) is 5.16. The first kappa shape index (κ1) is 18.6. The molecule has 0 atom stereocenters. The minimum absolute atomic E-state index is 0.167. The van der Waals surface area contributed by atoms with Gasteiger partial charge >= 0.3 is 0 Å². The molecule has 6 heteroatoms. The van der Waals surface area contributed by atoms with Crippen molar-refractivity contribution in [1.82, 2.24) is 25.5 Å². The van der Waals surface area contributed by atoms with E-state index in [4.69, 9.17) is 0 Å². The van der Waals surface area contributed by atoms with Gasteiger partial charge in [0.2, 0.25) is 0 Å². The number of hydrogen-bond acceptors (Lipinski definition) is 4. The number of benzene rings is 3. The number of nitrogens with zero attached hydrogens (tertiary/aromatic N) is 4. The zero-order valence-corrected chi connectivity index (χ0v) is 16.3. The van der Waals surface area contributed by atoms with Crippen molar-refractivity contribution in [2.45, 2.75) is 20.4 Å². The third kappa shape index (κ3) is 4.06. The second-order valence-corrected chi connectivity index (χ2v) is 6.90. The summed E-state index contributed by atoms with van der Waals surface area (Å²) in [6.07, 6.45) is 0. The predicted molar refractivity (Wildman–Crippen MR) is 112 cm³/mol. The molecule has 6 nitrogen and oxygen atoms in total. The molecule has 0 aliphatic heterocycles. The molecule has 0 aliphatic rings. The summed E-state index contributed by atoms with van der Waals surface area (Å²) < 4.78 is 1.64. The van der Waals surface area contributed by atoms with Crippen molar-refractivity contribution in [2.24, 2.45) is 0 Å². The van der Waals surface area contributed by atoms with E-state index in [1.807, 2.05) is 79.7 Å². The summed E-state index contributed by atoms with van der Waals surface area (Å²) in [6.45, 7) is 4.34. The van der Waals surface area contributed by atoms with E-state index in [0.717, 1.165) is 22.4 Å². The van der Waals surface area contributed by atoms with Crippen LogP contribution in [0.5, 0.6) is 0 Å². The number of tetrazole rings is 1. The Morgan fingerprint density at radius 1 is 0.897 bits per heavy atom. The molecule has 144 valence electrons. The Balaban J connectivity index is 1.45. The number of aryl methyl sites for hydroxylation is 2. The summed E-state index contributed by atoms with van der Waals surface area (Å²) in [5.74, 6) is 0.404. The number of carbonyl (C=O) groups excluding carboxylic acids is 1. The highest BCUT2D eigenvalue weighted by Crippen LogP contribution is 2.19. The van der Waals surface area contributed by atoms with E-state index in [1.165, 1.54) is 5.56 Å². The number of amides is 1. The molecule has 0 aliphatic carbocycles. The first-order chi connectivity index (χ1) is 14.1. The van der Waals surface area contributed by atoms with Crippen molar-refractivity contribution < 1.29 is 4.79 Å². The molecule has 1 amide bonds. The molecule has 1 aromatic heterocycles. The van der Waals surface area contributed by atoms with Crippen molar-refractivity contribution in [1.29, 1.82) is 0 Å². The first-order valence-corrected chi connectivity index (χ1v) is 9.40. The van der Waals surface area contributed by atoms with Crippen LogP contribution in [0.15, 0.2) is 72.8 Å². The third-order valence-corrected chi connectivity index (χ3v) is 4.93. The van der Waals surface area contributed by atoms with E-state index >= 15 is 0 Å². The van der Waals surface area contributed by atoms with Crippen LogP contribution in [0.2, 0.25) is 0 Å². The van der Waals surface area contributed by atoms with Crippen LogP contribution in [0, 0.1) is 13.8 Å². The van der Waals surface area contributed by atoms with E-state index in [0.29, 0.717) is 11.4 Å². The van der Waals surface area contributed by atoms with Gasteiger partial charge in [-0.05, 0) is 70.8 Å². The molecule has 0 fully saturated rings. The third-order valence-electron chi connectivity index (χ3n) is 4.93. The van der Waals surface area contributed by atoms with Crippen LogP contribution in [0.1, 0.15) is 27.3 Å². The van der Waals surface area contributed by atoms with E-state index in [2.05, 4.69) is 27.8 Å². The second kappa shape index (κ2) is 8.06. The molecule has 1 N–H and O–H groups in total. The zero-order chi connectivity index (χ0) is 20.2. The van der Waals surface area contributed by atoms with Gasteiger partial charge in [0.1, 0.15) is 0 Å². The molecule has 0 radical (unpaired) electrons. The summed E-state index contributed by atoms with van der Waals surface area (Å²) in [5, 5.41) is 14.8. The molecule has 0 saturated carbocycles. The Morgan fingerprint density at radius 2 is 1.62 bits per heavy atom. The van der Waals surface area contributed by atoms with Gasteiger partial charge in [-0.25, -0.2) is 0 Å². The molecule has 0 saturated heterocycles. The average molecular weight is 383 g/mol. The molecule has 0 spiro atoms. The lowest BCUT2D eigenvalue weighted by Crippen LogP contribution is -2.24. The number of hydrogen-bond donors (Lipinski definition) is 1. The number of rotatable bonds is 5. The second-order valence-electron chi connectivity index (χ2n) is 6.90. The summed E-state index contributed by atoms with van der Waals surface area (Å²) in [6, 6.07) is 23.6. The van der Waals surface area contributed by atoms with E-state index in [-0.39, 0.29) is 12.5 Å². The molecule has 0 unspecified atom stereocenters. The quantitative estimate of drug-likeness (QED) is 0.568. The maximum atomic E-state index is 12.5. The SMILES string of the molecule is Cc1ccc(-n2nnnc2CNC(=O)c2ccc(-c3ccccc3)cc2)cc1C. The highest BCUT2D eigenvalue weighted by molar-refractivity contribution is 5.94. The van der Waals surface area contributed by atoms with Crippen LogP contribution in [-0.4, -0.2) is 26.1 Å². The highest BCUT2D eigenvalue weighted by atomic mass is 16.1. The number of nitrogens with one attached hydrogen (secondary N) is 1. The molecule has 3 aromatic carbocycles. The van der Waals surface area contributed by atoms with Gasteiger partial charge in [0, 0.05) is 5.56 Å². The lowest BCUT2D eigenvalue weighted by Gasteiger charge is -2.09. The lowest BCUT2D eigenvalue weighted by molar-refractivity contribution is 0.0949. The Bertz CT molecular complexity index is 1130. The summed E-state index contributed by atoms with van der Waals surface area (Å²) in [4.78, 5) is 12.5. The largest absolute Gasteiger partial charge is 0.345 e. The van der Waals surface area contributed by atoms with Crippen molar-refractivity contribution in [3.63, 3.8) is 0 Å². The molecular weight excluding hydrogens is 362 g/mol. The topological polar surface area (TPSA) is 72.7 Å². The standard InChI is InChI=1S/C23H21N5O/c1-16-8-13-21(14-17(16)2)28-22(25-26-27-28)15-24-23(29)20-11-9-19(10-12-20)18-6-4-3-5-7-18/h3-14H,15H2,1-2H3,(H,24,29). The summed E-state index contributed by atoms with van der Waals surface area (Å²) >= 11 is 0. The van der Waals surface area contributed by atoms with Gasteiger partial charge in [0.05, 0.1) is 12.2 Å². The monoisotopic (exact) mass is 383 g/mol. The Labute approximate surface area is 169 Å². The normalized spacial score (nSPS) is 10.7. The zero-order valence-electron chi connectivity index (χ0n) is 16.3. The van der Waals surface area contributed by atoms with Crippen molar-refractivity contribution in [2.75, 3.05) is 0 Å². The van der Waals surface area contributed by atoms with Gasteiger partial charge < -0.3 is 5.32 Å². The first-order valence-electron chi connectivity index (χ1n) is 9.40. The minimum Gasteiger partial charge on any atom is -0.345 e. The van der Waals surface area contributed by atoms with Crippen molar-refractivity contribution in [3.8, 4) is 16.8 Å². The van der Waals surface area contributed by atoms with Gasteiger partial charge in [0.15, 0.2) is 5.82 Å². The van der Waals surface area contributed by atoms with Crippen molar-refractivity contribution >= 4 is 5.91 Å². The minimum atomic E-state index is -0.167. The van der Waals surface area contributed by atoms with Gasteiger partial charge in [0.25, 0.3) is 5.91 Å². The molecule has 0 bridgehead atoms. The summed E-state index contributed by atoms with van der Waals surface area (Å²) in [5.41, 5.74) is 6.01. The average Bonchev–Trinajstić information content (AvgIpc) is 3.23. The smallest absolute Gasteiger partial charge is 0.251 e. The van der Waals surface area contributed by atoms with Crippen LogP contribution < -0.4 is 5.32 Å². The Hall–Kier alpha value is -3.80. The predicted octanol–water partition coefficient (Wildman–Crippen LogP) is 3.88. The van der Waals surface area contributed by atoms with Gasteiger partial charge in [-0.1, -0.05) is 48.5 Å². The molecule has 4 rings (SSSR count). The summed E-state index contributed by atoms with van der Waals surface area (Å²) in [7, 11) is 0. The maximum absolute atomic E-state index is 12.5. The van der Waals surface area contributed by atoms with Crippen LogP contribution in [0.25, 0.3) is 16.8 Å². The van der Waals surface area contributed by atoms with E-state index < -0.39 is 0 Å². The van der Waals surface area contributed by atoms with E-state index in [1.54, 1.807) is 4.68 Å². The van der Waals surface area contributed by atoms with Crippen LogP contribution in [0.3, 0.4) is 0 Å². The fraction of sp³-hybridized carbons (Fsp3) is 0.130. The Morgan fingerprint density at radius 3 is 2.34 bits per heavy atom. The molecule has 29 heavy (non-hydrogen) atoms. The van der Waals surface area contributed by atoms with Crippen LogP contribution >= 0.6 is 0 Å². The maximum Gasteiger partial charge on any atom is 0.251 e. The molecular formula is C23H21N5O. The highest BCUT2D eigenvalue weighted by Gasteiger charge is 2.12. The van der Waals surface area contributed by atoms with Crippen molar-refractivity contribution in [3.05, 3.63) is 95.3 Å². The van der Waals surface area contributed by atoms with Gasteiger partial charge in [-0.3, -0.25) is 4.79 Å².